The molecule has 0 radical (unpaired) electrons. The first-order valence-electron chi connectivity index (χ1n) is 8.21. The van der Waals surface area contributed by atoms with Crippen LogP contribution in [0.3, 0.4) is 0 Å². The Morgan fingerprint density at radius 2 is 2.09 bits per heavy atom. The molecule has 1 N–H and O–H groups in total. The molecule has 0 spiro atoms. The molecule has 4 nitrogen and oxygen atoms in total. The lowest BCUT2D eigenvalue weighted by atomic mass is 9.96. The summed E-state index contributed by atoms with van der Waals surface area (Å²) in [6.45, 7) is 1.29. The number of hydrogen-bond donors (Lipinski definition) is 1. The highest BCUT2D eigenvalue weighted by Gasteiger charge is 2.23. The van der Waals surface area contributed by atoms with Gasteiger partial charge in [0.25, 0.3) is 0 Å². The van der Waals surface area contributed by atoms with E-state index in [-0.39, 0.29) is 11.8 Å². The normalized spacial score (nSPS) is 16.8. The highest BCUT2D eigenvalue weighted by molar-refractivity contribution is 5.79. The van der Waals surface area contributed by atoms with E-state index in [1.807, 2.05) is 42.5 Å². The van der Waals surface area contributed by atoms with Crippen LogP contribution in [0.5, 0.6) is 5.75 Å². The number of nitrogens with zero attached hydrogens (tertiary/aromatic N) is 1. The number of aromatic nitrogens is 1. The largest absolute Gasteiger partial charge is 0.493 e. The Hall–Kier alpha value is -2.36. The van der Waals surface area contributed by atoms with Crippen LogP contribution in [-0.4, -0.2) is 24.0 Å². The summed E-state index contributed by atoms with van der Waals surface area (Å²) in [5, 5.41) is 3.06. The quantitative estimate of drug-likeness (QED) is 0.864. The van der Waals surface area contributed by atoms with E-state index in [9.17, 15) is 4.79 Å². The number of para-hydroxylation sites is 1. The third-order valence-corrected chi connectivity index (χ3v) is 4.17. The molecule has 1 atom stereocenters. The average molecular weight is 310 g/mol. The van der Waals surface area contributed by atoms with Gasteiger partial charge >= 0.3 is 0 Å². The van der Waals surface area contributed by atoms with E-state index in [1.54, 1.807) is 6.20 Å². The number of ether oxygens (including phenoxy) is 1. The number of benzene rings is 1. The van der Waals surface area contributed by atoms with Crippen molar-refractivity contribution in [2.45, 2.75) is 25.7 Å². The smallest absolute Gasteiger partial charge is 0.223 e. The topological polar surface area (TPSA) is 51.2 Å². The van der Waals surface area contributed by atoms with E-state index in [4.69, 9.17) is 4.74 Å². The summed E-state index contributed by atoms with van der Waals surface area (Å²) in [6.07, 6.45) is 5.11. The van der Waals surface area contributed by atoms with Crippen LogP contribution in [0.15, 0.2) is 48.7 Å². The molecule has 4 heteroatoms. The molecule has 1 amide bonds. The van der Waals surface area contributed by atoms with Gasteiger partial charge in [-0.05, 0) is 49.4 Å². The molecule has 0 bridgehead atoms. The number of pyridine rings is 1. The number of fused-ring (bicyclic) bond motifs is 1. The van der Waals surface area contributed by atoms with Crippen LogP contribution in [0.4, 0.5) is 0 Å². The Labute approximate surface area is 136 Å². The number of amides is 1. The van der Waals surface area contributed by atoms with Crippen molar-refractivity contribution in [3.8, 4) is 5.75 Å². The second kappa shape index (κ2) is 7.77. The molecule has 0 aliphatic carbocycles. The van der Waals surface area contributed by atoms with Crippen LogP contribution in [0.25, 0.3) is 0 Å². The van der Waals surface area contributed by atoms with Crippen LogP contribution in [-0.2, 0) is 17.6 Å². The van der Waals surface area contributed by atoms with Gasteiger partial charge in [0.05, 0.1) is 6.61 Å². The molecule has 3 rings (SSSR count). The van der Waals surface area contributed by atoms with Gasteiger partial charge in [-0.2, -0.15) is 0 Å². The lowest BCUT2D eigenvalue weighted by Crippen LogP contribution is -2.33. The average Bonchev–Trinajstić information content (AvgIpc) is 2.82. The zero-order chi connectivity index (χ0) is 15.9. The van der Waals surface area contributed by atoms with Gasteiger partial charge in [0, 0.05) is 24.4 Å². The lowest BCUT2D eigenvalue weighted by molar-refractivity contribution is -0.125. The molecular weight excluding hydrogens is 288 g/mol. The molecule has 1 aromatic heterocycles. The summed E-state index contributed by atoms with van der Waals surface area (Å²) in [7, 11) is 0. The van der Waals surface area contributed by atoms with Crippen molar-refractivity contribution in [2.75, 3.05) is 13.2 Å². The van der Waals surface area contributed by atoms with Gasteiger partial charge in [0.15, 0.2) is 0 Å². The predicted molar refractivity (Wildman–Crippen MR) is 89.3 cm³/mol. The van der Waals surface area contributed by atoms with Crippen molar-refractivity contribution in [3.63, 3.8) is 0 Å². The molecule has 2 heterocycles. The van der Waals surface area contributed by atoms with Gasteiger partial charge in [-0.25, -0.2) is 0 Å². The molecule has 23 heavy (non-hydrogen) atoms. The summed E-state index contributed by atoms with van der Waals surface area (Å²) in [5.74, 6) is 1.04. The first kappa shape index (κ1) is 15.5. The number of rotatable bonds is 5. The van der Waals surface area contributed by atoms with Crippen molar-refractivity contribution >= 4 is 5.91 Å². The first-order valence-corrected chi connectivity index (χ1v) is 8.21. The highest BCUT2D eigenvalue weighted by Crippen LogP contribution is 2.26. The molecule has 1 aromatic carbocycles. The van der Waals surface area contributed by atoms with Crippen LogP contribution in [0.1, 0.15) is 24.1 Å². The van der Waals surface area contributed by atoms with Gasteiger partial charge < -0.3 is 10.1 Å². The second-order valence-electron chi connectivity index (χ2n) is 5.86. The number of hydrogen-bond acceptors (Lipinski definition) is 3. The number of carbonyl (C=O) groups excluding carboxylic acids is 1. The fraction of sp³-hybridized carbons (Fsp3) is 0.368. The SMILES string of the molecule is O=C(NCCCc1ccccn1)[C@@H]1CCOc2ccccc2C1. The van der Waals surface area contributed by atoms with Crippen molar-refractivity contribution in [3.05, 3.63) is 59.9 Å². The summed E-state index contributed by atoms with van der Waals surface area (Å²) in [5.41, 5.74) is 2.19. The van der Waals surface area contributed by atoms with Gasteiger partial charge in [-0.15, -0.1) is 0 Å². The lowest BCUT2D eigenvalue weighted by Gasteiger charge is -2.13. The third-order valence-electron chi connectivity index (χ3n) is 4.17. The van der Waals surface area contributed by atoms with Gasteiger partial charge in [-0.1, -0.05) is 24.3 Å². The van der Waals surface area contributed by atoms with E-state index in [2.05, 4.69) is 10.3 Å². The maximum atomic E-state index is 12.4. The van der Waals surface area contributed by atoms with E-state index in [0.29, 0.717) is 13.2 Å². The minimum Gasteiger partial charge on any atom is -0.493 e. The molecule has 1 aliphatic rings. The van der Waals surface area contributed by atoms with E-state index < -0.39 is 0 Å². The third kappa shape index (κ3) is 4.31. The Bertz CT molecular complexity index is 643. The minimum absolute atomic E-state index is 0.00602. The fourth-order valence-electron chi connectivity index (χ4n) is 2.89. The number of aryl methyl sites for hydroxylation is 1. The zero-order valence-electron chi connectivity index (χ0n) is 13.2. The molecule has 0 fully saturated rings. The first-order chi connectivity index (χ1) is 11.3. The van der Waals surface area contributed by atoms with Crippen LogP contribution in [0.2, 0.25) is 0 Å². The Balaban J connectivity index is 1.47. The van der Waals surface area contributed by atoms with E-state index in [0.717, 1.165) is 42.7 Å². The van der Waals surface area contributed by atoms with E-state index >= 15 is 0 Å². The Morgan fingerprint density at radius 1 is 1.22 bits per heavy atom. The maximum Gasteiger partial charge on any atom is 0.223 e. The van der Waals surface area contributed by atoms with Gasteiger partial charge in [-0.3, -0.25) is 9.78 Å². The molecule has 0 unspecified atom stereocenters. The fourth-order valence-corrected chi connectivity index (χ4v) is 2.89. The van der Waals surface area contributed by atoms with Crippen LogP contribution >= 0.6 is 0 Å². The summed E-state index contributed by atoms with van der Waals surface area (Å²) < 4.78 is 5.72. The molecular formula is C19H22N2O2. The van der Waals surface area contributed by atoms with Crippen LogP contribution in [0, 0.1) is 5.92 Å². The van der Waals surface area contributed by atoms with Gasteiger partial charge in [0.1, 0.15) is 5.75 Å². The minimum atomic E-state index is -0.00602. The van der Waals surface area contributed by atoms with Crippen molar-refractivity contribution in [1.29, 1.82) is 0 Å². The second-order valence-corrected chi connectivity index (χ2v) is 5.86. The molecule has 0 saturated heterocycles. The summed E-state index contributed by atoms with van der Waals surface area (Å²) in [4.78, 5) is 16.7. The highest BCUT2D eigenvalue weighted by atomic mass is 16.5. The predicted octanol–water partition coefficient (Wildman–Crippen LogP) is 2.77. The van der Waals surface area contributed by atoms with Crippen LogP contribution < -0.4 is 10.1 Å². The molecule has 1 aliphatic heterocycles. The Kier molecular flexibility index (Phi) is 5.25. The molecule has 120 valence electrons. The standard InChI is InChI=1S/C19H22N2O2/c22-19(21-12-5-8-17-7-3-4-11-20-17)16-10-13-23-18-9-2-1-6-15(18)14-16/h1-4,6-7,9,11,16H,5,8,10,12-14H2,(H,21,22)/t16-/m1/s1. The number of nitrogens with one attached hydrogen (secondary N) is 1. The van der Waals surface area contributed by atoms with Crippen molar-refractivity contribution < 1.29 is 9.53 Å². The van der Waals surface area contributed by atoms with Crippen molar-refractivity contribution in [2.24, 2.45) is 5.92 Å². The Morgan fingerprint density at radius 3 is 2.96 bits per heavy atom. The molecule has 2 aromatic rings. The van der Waals surface area contributed by atoms with Gasteiger partial charge in [0.2, 0.25) is 5.91 Å². The van der Waals surface area contributed by atoms with Crippen molar-refractivity contribution in [1.82, 2.24) is 10.3 Å². The van der Waals surface area contributed by atoms with E-state index in [1.165, 1.54) is 0 Å². The summed E-state index contributed by atoms with van der Waals surface area (Å²) in [6, 6.07) is 13.9. The molecule has 0 saturated carbocycles. The number of carbonyl (C=O) groups is 1. The zero-order valence-corrected chi connectivity index (χ0v) is 13.2. The maximum absolute atomic E-state index is 12.4. The monoisotopic (exact) mass is 310 g/mol. The summed E-state index contributed by atoms with van der Waals surface area (Å²) >= 11 is 0.